The van der Waals surface area contributed by atoms with E-state index in [2.05, 4.69) is 0 Å². The summed E-state index contributed by atoms with van der Waals surface area (Å²) in [5.41, 5.74) is 1.51. The number of hydrogen-bond acceptors (Lipinski definition) is 4. The molecule has 1 aromatic heterocycles. The van der Waals surface area contributed by atoms with Gasteiger partial charge in [0.15, 0.2) is 0 Å². The first-order valence-electron chi connectivity index (χ1n) is 6.58. The van der Waals surface area contributed by atoms with Crippen LogP contribution in [0.2, 0.25) is 0 Å². The standard InChI is InChI=1S/C17H14O4/c1-11-15(20-10-12-5-3-2-4-6-12)8-7-13-14(18)9-16(19)21-17(11)13/h2-9,18H,10H2,1H3. The molecule has 2 aromatic carbocycles. The first kappa shape index (κ1) is 13.2. The van der Waals surface area contributed by atoms with Crippen LogP contribution in [0.15, 0.2) is 57.7 Å². The maximum atomic E-state index is 11.4. The highest BCUT2D eigenvalue weighted by Gasteiger charge is 2.11. The van der Waals surface area contributed by atoms with Crippen molar-refractivity contribution in [3.05, 3.63) is 70.1 Å². The molecule has 0 aliphatic carbocycles. The minimum absolute atomic E-state index is 0.0843. The number of hydrogen-bond donors (Lipinski definition) is 1. The number of benzene rings is 2. The number of ether oxygens (including phenoxy) is 1. The first-order chi connectivity index (χ1) is 10.1. The van der Waals surface area contributed by atoms with Crippen LogP contribution in [0.25, 0.3) is 11.0 Å². The Morgan fingerprint density at radius 3 is 2.67 bits per heavy atom. The van der Waals surface area contributed by atoms with Crippen molar-refractivity contribution >= 4 is 11.0 Å². The molecule has 0 saturated heterocycles. The maximum Gasteiger partial charge on any atom is 0.339 e. The Labute approximate surface area is 121 Å². The highest BCUT2D eigenvalue weighted by molar-refractivity contribution is 5.86. The van der Waals surface area contributed by atoms with Crippen molar-refractivity contribution in [2.45, 2.75) is 13.5 Å². The maximum absolute atomic E-state index is 11.4. The van der Waals surface area contributed by atoms with Gasteiger partial charge >= 0.3 is 5.63 Å². The Morgan fingerprint density at radius 2 is 1.90 bits per heavy atom. The largest absolute Gasteiger partial charge is 0.507 e. The normalized spacial score (nSPS) is 10.7. The summed E-state index contributed by atoms with van der Waals surface area (Å²) in [6.07, 6.45) is 0. The van der Waals surface area contributed by atoms with Gasteiger partial charge in [-0.05, 0) is 24.6 Å². The summed E-state index contributed by atoms with van der Waals surface area (Å²) in [7, 11) is 0. The van der Waals surface area contributed by atoms with E-state index in [0.29, 0.717) is 28.9 Å². The fourth-order valence-electron chi connectivity index (χ4n) is 2.22. The molecular weight excluding hydrogens is 268 g/mol. The third-order valence-corrected chi connectivity index (χ3v) is 3.33. The summed E-state index contributed by atoms with van der Waals surface area (Å²) in [5, 5.41) is 10.3. The zero-order chi connectivity index (χ0) is 14.8. The van der Waals surface area contributed by atoms with Crippen LogP contribution in [0.1, 0.15) is 11.1 Å². The summed E-state index contributed by atoms with van der Waals surface area (Å²) < 4.78 is 10.9. The average Bonchev–Trinajstić information content (AvgIpc) is 2.48. The Kier molecular flexibility index (Phi) is 3.36. The molecule has 1 heterocycles. The van der Waals surface area contributed by atoms with Crippen LogP contribution in [0.5, 0.6) is 11.5 Å². The lowest BCUT2D eigenvalue weighted by Crippen LogP contribution is -2.00. The number of aromatic hydroxyl groups is 1. The van der Waals surface area contributed by atoms with Crippen molar-refractivity contribution < 1.29 is 14.3 Å². The quantitative estimate of drug-likeness (QED) is 0.748. The molecule has 0 amide bonds. The molecule has 0 bridgehead atoms. The molecule has 0 saturated carbocycles. The topological polar surface area (TPSA) is 59.7 Å². The van der Waals surface area contributed by atoms with E-state index in [1.165, 1.54) is 0 Å². The van der Waals surface area contributed by atoms with Crippen LogP contribution >= 0.6 is 0 Å². The highest BCUT2D eigenvalue weighted by Crippen LogP contribution is 2.31. The molecule has 106 valence electrons. The number of rotatable bonds is 3. The van der Waals surface area contributed by atoms with Crippen LogP contribution in [0.3, 0.4) is 0 Å². The molecule has 0 aliphatic rings. The first-order valence-corrected chi connectivity index (χ1v) is 6.58. The van der Waals surface area contributed by atoms with Gasteiger partial charge in [-0.25, -0.2) is 4.79 Å². The van der Waals surface area contributed by atoms with E-state index in [1.807, 2.05) is 30.3 Å². The van der Waals surface area contributed by atoms with Gasteiger partial charge in [-0.1, -0.05) is 30.3 Å². The molecule has 4 heteroatoms. The Hall–Kier alpha value is -2.75. The second kappa shape index (κ2) is 5.32. The SMILES string of the molecule is Cc1c(OCc2ccccc2)ccc2c(O)cc(=O)oc12. The third-order valence-electron chi connectivity index (χ3n) is 3.33. The fraction of sp³-hybridized carbons (Fsp3) is 0.118. The van der Waals surface area contributed by atoms with E-state index in [4.69, 9.17) is 9.15 Å². The summed E-state index contributed by atoms with van der Waals surface area (Å²) in [6.45, 7) is 2.22. The molecule has 0 spiro atoms. The molecule has 3 aromatic rings. The number of aryl methyl sites for hydroxylation is 1. The lowest BCUT2D eigenvalue weighted by Gasteiger charge is -2.11. The van der Waals surface area contributed by atoms with Gasteiger partial charge < -0.3 is 14.3 Å². The van der Waals surface area contributed by atoms with Gasteiger partial charge in [0.2, 0.25) is 0 Å². The van der Waals surface area contributed by atoms with E-state index in [0.717, 1.165) is 11.6 Å². The fourth-order valence-corrected chi connectivity index (χ4v) is 2.22. The molecular formula is C17H14O4. The van der Waals surface area contributed by atoms with Gasteiger partial charge in [0, 0.05) is 5.56 Å². The monoisotopic (exact) mass is 282 g/mol. The molecule has 3 rings (SSSR count). The van der Waals surface area contributed by atoms with E-state index < -0.39 is 5.63 Å². The Bertz CT molecular complexity index is 835. The predicted molar refractivity (Wildman–Crippen MR) is 79.7 cm³/mol. The minimum Gasteiger partial charge on any atom is -0.507 e. The highest BCUT2D eigenvalue weighted by atomic mass is 16.5. The summed E-state index contributed by atoms with van der Waals surface area (Å²) in [5.74, 6) is 0.541. The van der Waals surface area contributed by atoms with Crippen LogP contribution < -0.4 is 10.4 Å². The van der Waals surface area contributed by atoms with Crippen LogP contribution in [-0.2, 0) is 6.61 Å². The zero-order valence-corrected chi connectivity index (χ0v) is 11.5. The molecule has 0 atom stereocenters. The predicted octanol–water partition coefficient (Wildman–Crippen LogP) is 3.39. The van der Waals surface area contributed by atoms with Crippen molar-refractivity contribution in [3.63, 3.8) is 0 Å². The summed E-state index contributed by atoms with van der Waals surface area (Å²) in [4.78, 5) is 11.4. The smallest absolute Gasteiger partial charge is 0.339 e. The second-order valence-corrected chi connectivity index (χ2v) is 4.79. The van der Waals surface area contributed by atoms with Crippen LogP contribution in [-0.4, -0.2) is 5.11 Å². The molecule has 0 fully saturated rings. The third kappa shape index (κ3) is 2.60. The lowest BCUT2D eigenvalue weighted by atomic mass is 10.1. The van der Waals surface area contributed by atoms with E-state index in [-0.39, 0.29) is 5.75 Å². The Balaban J connectivity index is 1.97. The van der Waals surface area contributed by atoms with Gasteiger partial charge in [0.25, 0.3) is 0 Å². The van der Waals surface area contributed by atoms with Crippen molar-refractivity contribution in [1.82, 2.24) is 0 Å². The summed E-state index contributed by atoms with van der Waals surface area (Å²) >= 11 is 0. The zero-order valence-electron chi connectivity index (χ0n) is 11.5. The van der Waals surface area contributed by atoms with Gasteiger partial charge in [0.1, 0.15) is 23.7 Å². The van der Waals surface area contributed by atoms with Gasteiger partial charge in [0.05, 0.1) is 11.5 Å². The van der Waals surface area contributed by atoms with E-state index in [1.54, 1.807) is 19.1 Å². The van der Waals surface area contributed by atoms with Gasteiger partial charge in [-0.3, -0.25) is 0 Å². The van der Waals surface area contributed by atoms with Crippen molar-refractivity contribution in [1.29, 1.82) is 0 Å². The van der Waals surface area contributed by atoms with Crippen molar-refractivity contribution in [3.8, 4) is 11.5 Å². The van der Waals surface area contributed by atoms with Crippen LogP contribution in [0.4, 0.5) is 0 Å². The second-order valence-electron chi connectivity index (χ2n) is 4.79. The van der Waals surface area contributed by atoms with Crippen LogP contribution in [0, 0.1) is 6.92 Å². The average molecular weight is 282 g/mol. The lowest BCUT2D eigenvalue weighted by molar-refractivity contribution is 0.304. The van der Waals surface area contributed by atoms with Crippen molar-refractivity contribution in [2.75, 3.05) is 0 Å². The van der Waals surface area contributed by atoms with Gasteiger partial charge in [-0.15, -0.1) is 0 Å². The Morgan fingerprint density at radius 1 is 1.14 bits per heavy atom. The molecule has 0 aliphatic heterocycles. The molecule has 0 unspecified atom stereocenters. The van der Waals surface area contributed by atoms with Gasteiger partial charge in [-0.2, -0.15) is 0 Å². The van der Waals surface area contributed by atoms with Crippen molar-refractivity contribution in [2.24, 2.45) is 0 Å². The molecule has 4 nitrogen and oxygen atoms in total. The molecule has 21 heavy (non-hydrogen) atoms. The summed E-state index contributed by atoms with van der Waals surface area (Å²) in [6, 6.07) is 14.3. The minimum atomic E-state index is -0.580. The molecule has 0 radical (unpaired) electrons. The van der Waals surface area contributed by atoms with E-state index >= 15 is 0 Å². The van der Waals surface area contributed by atoms with E-state index in [9.17, 15) is 9.90 Å². The number of fused-ring (bicyclic) bond motifs is 1. The molecule has 1 N–H and O–H groups in total.